The van der Waals surface area contributed by atoms with E-state index in [4.69, 9.17) is 0 Å². The summed E-state index contributed by atoms with van der Waals surface area (Å²) >= 11 is 0. The minimum atomic E-state index is -0.512. The Hall–Kier alpha value is -2.04. The summed E-state index contributed by atoms with van der Waals surface area (Å²) in [5, 5.41) is 5.57. The van der Waals surface area contributed by atoms with Crippen molar-refractivity contribution < 1.29 is 9.59 Å². The summed E-state index contributed by atoms with van der Waals surface area (Å²) in [4.78, 5) is 25.1. The molecule has 0 heterocycles. The second-order valence-corrected chi connectivity index (χ2v) is 6.19. The van der Waals surface area contributed by atoms with Gasteiger partial charge in [0, 0.05) is 20.6 Å². The fourth-order valence-corrected chi connectivity index (χ4v) is 2.88. The number of amides is 3. The van der Waals surface area contributed by atoms with Crippen LogP contribution >= 0.6 is 0 Å². The van der Waals surface area contributed by atoms with Gasteiger partial charge in [0.05, 0.1) is 0 Å². The van der Waals surface area contributed by atoms with Crippen molar-refractivity contribution in [2.75, 3.05) is 20.6 Å². The standard InChI is InChI=1S/C17H25N3O2/c1-12(16(21)20(2)3)19-17(22)18-11-13-8-9-14-6-4-5-7-15(14)10-13/h4-7,12-13H,8-11H2,1-3H3,(H2,18,19,22)/t12-,13-/m0/s1. The molecule has 0 spiro atoms. The molecule has 0 unspecified atom stereocenters. The summed E-state index contributed by atoms with van der Waals surface area (Å²) in [6, 6.07) is 7.70. The van der Waals surface area contributed by atoms with Crippen LogP contribution in [0.15, 0.2) is 24.3 Å². The Morgan fingerprint density at radius 1 is 1.27 bits per heavy atom. The van der Waals surface area contributed by atoms with E-state index in [0.717, 1.165) is 19.3 Å². The zero-order valence-electron chi connectivity index (χ0n) is 13.6. The third-order valence-electron chi connectivity index (χ3n) is 4.16. The zero-order chi connectivity index (χ0) is 16.1. The van der Waals surface area contributed by atoms with E-state index in [2.05, 4.69) is 34.9 Å². The molecule has 1 aromatic rings. The van der Waals surface area contributed by atoms with Crippen molar-refractivity contribution in [3.05, 3.63) is 35.4 Å². The Bertz CT molecular complexity index is 542. The first-order valence-electron chi connectivity index (χ1n) is 7.79. The van der Waals surface area contributed by atoms with Gasteiger partial charge in [-0.15, -0.1) is 0 Å². The molecule has 0 saturated carbocycles. The van der Waals surface area contributed by atoms with Crippen molar-refractivity contribution in [2.24, 2.45) is 5.92 Å². The Balaban J connectivity index is 1.77. The first-order chi connectivity index (χ1) is 10.5. The minimum Gasteiger partial charge on any atom is -0.347 e. The highest BCUT2D eigenvalue weighted by atomic mass is 16.2. The molecular weight excluding hydrogens is 278 g/mol. The molecule has 0 bridgehead atoms. The van der Waals surface area contributed by atoms with E-state index in [1.54, 1.807) is 21.0 Å². The van der Waals surface area contributed by atoms with Gasteiger partial charge in [0.1, 0.15) is 6.04 Å². The molecule has 5 nitrogen and oxygen atoms in total. The highest BCUT2D eigenvalue weighted by Gasteiger charge is 2.20. The SMILES string of the molecule is C[C@H](NC(=O)NC[C@H]1CCc2ccccc2C1)C(=O)N(C)C. The topological polar surface area (TPSA) is 61.4 Å². The van der Waals surface area contributed by atoms with Crippen molar-refractivity contribution in [3.8, 4) is 0 Å². The monoisotopic (exact) mass is 303 g/mol. The number of rotatable bonds is 4. The average molecular weight is 303 g/mol. The van der Waals surface area contributed by atoms with Gasteiger partial charge in [0.25, 0.3) is 0 Å². The molecule has 1 aliphatic rings. The Morgan fingerprint density at radius 2 is 1.95 bits per heavy atom. The molecule has 1 aliphatic carbocycles. The molecule has 2 rings (SSSR count). The molecule has 0 radical (unpaired) electrons. The molecular formula is C17H25N3O2. The molecule has 0 saturated heterocycles. The van der Waals surface area contributed by atoms with Gasteiger partial charge in [0.15, 0.2) is 0 Å². The number of urea groups is 1. The van der Waals surface area contributed by atoms with Crippen LogP contribution in [0.1, 0.15) is 24.5 Å². The fourth-order valence-electron chi connectivity index (χ4n) is 2.88. The van der Waals surface area contributed by atoms with Gasteiger partial charge in [-0.3, -0.25) is 4.79 Å². The number of nitrogens with one attached hydrogen (secondary N) is 2. The van der Waals surface area contributed by atoms with Crippen LogP contribution in [0, 0.1) is 5.92 Å². The van der Waals surface area contributed by atoms with Gasteiger partial charge in [-0.05, 0) is 43.2 Å². The normalized spacial score (nSPS) is 18.0. The Labute approximate surface area is 132 Å². The number of nitrogens with zero attached hydrogens (tertiary/aromatic N) is 1. The number of carbonyl (C=O) groups excluding carboxylic acids is 2. The predicted octanol–water partition coefficient (Wildman–Crippen LogP) is 1.57. The number of hydrogen-bond donors (Lipinski definition) is 2. The number of fused-ring (bicyclic) bond motifs is 1. The molecule has 1 aromatic carbocycles. The largest absolute Gasteiger partial charge is 0.347 e. The molecule has 3 amide bonds. The van der Waals surface area contributed by atoms with Gasteiger partial charge >= 0.3 is 6.03 Å². The molecule has 120 valence electrons. The molecule has 0 aromatic heterocycles. The first-order valence-corrected chi connectivity index (χ1v) is 7.79. The number of benzene rings is 1. The summed E-state index contributed by atoms with van der Waals surface area (Å²) in [6.45, 7) is 2.34. The van der Waals surface area contributed by atoms with E-state index in [0.29, 0.717) is 12.5 Å². The van der Waals surface area contributed by atoms with Crippen molar-refractivity contribution in [3.63, 3.8) is 0 Å². The summed E-state index contributed by atoms with van der Waals surface area (Å²) < 4.78 is 0. The maximum atomic E-state index is 11.9. The predicted molar refractivity (Wildman–Crippen MR) is 86.6 cm³/mol. The van der Waals surface area contributed by atoms with Crippen LogP contribution in [0.2, 0.25) is 0 Å². The summed E-state index contributed by atoms with van der Waals surface area (Å²) in [7, 11) is 3.36. The van der Waals surface area contributed by atoms with Crippen molar-refractivity contribution in [2.45, 2.75) is 32.2 Å². The van der Waals surface area contributed by atoms with E-state index in [1.165, 1.54) is 16.0 Å². The lowest BCUT2D eigenvalue weighted by atomic mass is 9.84. The molecule has 2 atom stereocenters. The minimum absolute atomic E-state index is 0.109. The van der Waals surface area contributed by atoms with Crippen LogP contribution in [0.3, 0.4) is 0 Å². The van der Waals surface area contributed by atoms with Crippen LogP contribution in [-0.2, 0) is 17.6 Å². The first kappa shape index (κ1) is 16.3. The Kier molecular flexibility index (Phi) is 5.41. The van der Waals surface area contributed by atoms with Crippen LogP contribution < -0.4 is 10.6 Å². The molecule has 2 N–H and O–H groups in total. The van der Waals surface area contributed by atoms with E-state index < -0.39 is 6.04 Å². The summed E-state index contributed by atoms with van der Waals surface area (Å²) in [5.74, 6) is 0.349. The van der Waals surface area contributed by atoms with E-state index >= 15 is 0 Å². The average Bonchev–Trinajstić information content (AvgIpc) is 2.51. The van der Waals surface area contributed by atoms with Crippen molar-refractivity contribution in [1.82, 2.24) is 15.5 Å². The second kappa shape index (κ2) is 7.29. The van der Waals surface area contributed by atoms with Gasteiger partial charge < -0.3 is 15.5 Å². The second-order valence-electron chi connectivity index (χ2n) is 6.19. The maximum Gasteiger partial charge on any atom is 0.315 e. The summed E-state index contributed by atoms with van der Waals surface area (Å²) in [5.41, 5.74) is 2.81. The van der Waals surface area contributed by atoms with Crippen LogP contribution in [-0.4, -0.2) is 43.5 Å². The van der Waals surface area contributed by atoms with Crippen LogP contribution in [0.25, 0.3) is 0 Å². The lowest BCUT2D eigenvalue weighted by Gasteiger charge is -2.25. The maximum absolute atomic E-state index is 11.9. The van der Waals surface area contributed by atoms with Crippen LogP contribution in [0.4, 0.5) is 4.79 Å². The highest BCUT2D eigenvalue weighted by molar-refractivity contribution is 5.86. The molecule has 22 heavy (non-hydrogen) atoms. The van der Waals surface area contributed by atoms with Gasteiger partial charge in [-0.25, -0.2) is 4.79 Å². The highest BCUT2D eigenvalue weighted by Crippen LogP contribution is 2.24. The quantitative estimate of drug-likeness (QED) is 0.887. The lowest BCUT2D eigenvalue weighted by Crippen LogP contribution is -2.49. The smallest absolute Gasteiger partial charge is 0.315 e. The number of hydrogen-bond acceptors (Lipinski definition) is 2. The molecule has 0 aliphatic heterocycles. The van der Waals surface area contributed by atoms with E-state index in [-0.39, 0.29) is 11.9 Å². The molecule has 0 fully saturated rings. The van der Waals surface area contributed by atoms with Gasteiger partial charge in [-0.2, -0.15) is 0 Å². The van der Waals surface area contributed by atoms with Gasteiger partial charge in [0.2, 0.25) is 5.91 Å². The Morgan fingerprint density at radius 3 is 2.64 bits per heavy atom. The zero-order valence-corrected chi connectivity index (χ0v) is 13.6. The lowest BCUT2D eigenvalue weighted by molar-refractivity contribution is -0.130. The third kappa shape index (κ3) is 4.23. The van der Waals surface area contributed by atoms with E-state index in [9.17, 15) is 9.59 Å². The number of likely N-dealkylation sites (N-methyl/N-ethyl adjacent to an activating group) is 1. The number of aryl methyl sites for hydroxylation is 1. The summed E-state index contributed by atoms with van der Waals surface area (Å²) in [6.07, 6.45) is 3.16. The third-order valence-corrected chi connectivity index (χ3v) is 4.16. The van der Waals surface area contributed by atoms with Gasteiger partial charge in [-0.1, -0.05) is 24.3 Å². The van der Waals surface area contributed by atoms with Crippen LogP contribution in [0.5, 0.6) is 0 Å². The number of carbonyl (C=O) groups is 2. The van der Waals surface area contributed by atoms with Crippen molar-refractivity contribution >= 4 is 11.9 Å². The van der Waals surface area contributed by atoms with E-state index in [1.807, 2.05) is 0 Å². The van der Waals surface area contributed by atoms with Crippen molar-refractivity contribution in [1.29, 1.82) is 0 Å². The molecule has 5 heteroatoms. The fraction of sp³-hybridized carbons (Fsp3) is 0.529.